The Bertz CT molecular complexity index is 2970. The lowest BCUT2D eigenvalue weighted by Gasteiger charge is -2.19. The second kappa shape index (κ2) is 19.9. The zero-order valence-electron chi connectivity index (χ0n) is 38.7. The van der Waals surface area contributed by atoms with Crippen LogP contribution in [0.3, 0.4) is 0 Å². The molecule has 7 aromatic rings. The van der Waals surface area contributed by atoms with Gasteiger partial charge >= 0.3 is 5.97 Å². The van der Waals surface area contributed by atoms with Crippen molar-refractivity contribution in [2.45, 2.75) is 58.8 Å². The molecule has 4 N–H and O–H groups in total. The van der Waals surface area contributed by atoms with E-state index in [0.717, 1.165) is 98.9 Å². The van der Waals surface area contributed by atoms with Gasteiger partial charge in [0.15, 0.2) is 0 Å². The molecule has 0 unspecified atom stereocenters. The highest BCUT2D eigenvalue weighted by Crippen LogP contribution is 2.39. The number of carbonyl (C=O) groups excluding carboxylic acids is 4. The van der Waals surface area contributed by atoms with Gasteiger partial charge in [0.05, 0.1) is 22.5 Å². The molecule has 2 aliphatic heterocycles. The minimum atomic E-state index is -0.275. The van der Waals surface area contributed by atoms with Crippen LogP contribution in [-0.2, 0) is 22.4 Å². The average molecular weight is 899 g/mol. The number of unbranched alkanes of at least 4 members (excludes halogenated alkanes) is 3. The Hall–Kier alpha value is -6.91. The molecule has 3 amide bonds. The van der Waals surface area contributed by atoms with Crippen LogP contribution >= 0.6 is 11.3 Å². The number of nitrogens with zero attached hydrogens (tertiary/aromatic N) is 6. The number of fused-ring (bicyclic) bond motifs is 7. The predicted molar refractivity (Wildman–Crippen MR) is 257 cm³/mol. The summed E-state index contributed by atoms with van der Waals surface area (Å²) in [5.41, 5.74) is 9.41. The molecule has 0 saturated carbocycles. The summed E-state index contributed by atoms with van der Waals surface area (Å²) in [6, 6.07) is 24.8. The van der Waals surface area contributed by atoms with Crippen LogP contribution in [-0.4, -0.2) is 92.1 Å². The first-order valence-corrected chi connectivity index (χ1v) is 22.6. The standard InChI is InChI=1S/C48H49N9O5S.CH4O/c1-4-5-6-7-21-49-45(59)40-27-35-33-20-24-57(43(33)18-15-37(35)50-40)47(61)41-28-36-34-19-23-56(42(34)17-16-38(36)51-41)46(60)30-9-14-39-44(26-30)63-48(52-39)54-53-31-10-12-32(13-11-31)55(3)22-8-25-62-29(2)58;1-2/h9-18,26-28,50-51H,4-8,19-25H2,1-3H3,(H,49,59);2H,1H3/i1D;2T. The molecular weight excluding hydrogens is 843 g/mol. The van der Waals surface area contributed by atoms with E-state index < -0.39 is 0 Å². The number of azo groups is 1. The Morgan fingerprint density at radius 3 is 2.25 bits per heavy atom. The van der Waals surface area contributed by atoms with Crippen LogP contribution in [0.1, 0.15) is 89.8 Å². The average Bonchev–Trinajstić information content (AvgIpc) is 4.18. The summed E-state index contributed by atoms with van der Waals surface area (Å²) >= 11 is 1.37. The highest BCUT2D eigenvalue weighted by Gasteiger charge is 2.31. The Balaban J connectivity index is 0.00000198. The Labute approximate surface area is 383 Å². The van der Waals surface area contributed by atoms with Gasteiger partial charge in [-0.05, 0) is 116 Å². The molecule has 0 radical (unpaired) electrons. The van der Waals surface area contributed by atoms with Crippen LogP contribution in [0.25, 0.3) is 32.0 Å². The number of anilines is 3. The van der Waals surface area contributed by atoms with E-state index in [0.29, 0.717) is 73.8 Å². The number of aliphatic hydroxyl groups excluding tert-OH is 1. The Morgan fingerprint density at radius 1 is 0.877 bits per heavy atom. The number of nitrogens with one attached hydrogen (secondary N) is 3. The van der Waals surface area contributed by atoms with E-state index in [1.165, 1.54) is 25.4 Å². The van der Waals surface area contributed by atoms with Crippen LogP contribution in [0.2, 0.25) is 0 Å². The third kappa shape index (κ3) is 9.49. The molecule has 65 heavy (non-hydrogen) atoms. The molecule has 3 aromatic heterocycles. The van der Waals surface area contributed by atoms with Gasteiger partial charge in [-0.3, -0.25) is 19.2 Å². The quantitative estimate of drug-likeness (QED) is 0.0445. The summed E-state index contributed by atoms with van der Waals surface area (Å²) in [6.07, 6.45) is 5.82. The molecule has 336 valence electrons. The number of esters is 1. The molecule has 0 saturated heterocycles. The van der Waals surface area contributed by atoms with Crippen LogP contribution < -0.4 is 20.0 Å². The maximum atomic E-state index is 14.1. The highest BCUT2D eigenvalue weighted by molar-refractivity contribution is 7.21. The number of thiazole rings is 1. The minimum absolute atomic E-state index is 0.110. The van der Waals surface area contributed by atoms with Crippen molar-refractivity contribution < 1.29 is 30.4 Å². The second-order valence-electron chi connectivity index (χ2n) is 16.0. The summed E-state index contributed by atoms with van der Waals surface area (Å²) in [6.45, 7) is 4.61. The fraction of sp³-hybridized carbons (Fsp3) is 0.327. The molecular formula is C49H53N9O6S. The van der Waals surface area contributed by atoms with E-state index >= 15 is 0 Å². The molecule has 0 atom stereocenters. The number of ether oxygens (including phenoxy) is 1. The van der Waals surface area contributed by atoms with E-state index in [-0.39, 0.29) is 23.7 Å². The molecule has 2 aliphatic rings. The van der Waals surface area contributed by atoms with Crippen LogP contribution in [0.15, 0.2) is 89.1 Å². The number of hydrogen-bond donors (Lipinski definition) is 4. The Morgan fingerprint density at radius 2 is 1.55 bits per heavy atom. The number of amides is 3. The van der Waals surface area contributed by atoms with Crippen LogP contribution in [0.4, 0.5) is 27.9 Å². The van der Waals surface area contributed by atoms with E-state index in [1.807, 2.05) is 84.7 Å². The molecule has 0 bridgehead atoms. The number of aromatic amines is 2. The van der Waals surface area contributed by atoms with E-state index in [1.54, 1.807) is 11.0 Å². The first-order chi connectivity index (χ1) is 32.6. The molecule has 9 rings (SSSR count). The van der Waals surface area contributed by atoms with Gasteiger partial charge in [-0.2, -0.15) is 0 Å². The fourth-order valence-electron chi connectivity index (χ4n) is 8.57. The highest BCUT2D eigenvalue weighted by atomic mass is 32.1. The Kier molecular flexibility index (Phi) is 12.9. The van der Waals surface area contributed by atoms with Crippen molar-refractivity contribution in [1.29, 1.82) is 1.43 Å². The van der Waals surface area contributed by atoms with Gasteiger partial charge in [0.25, 0.3) is 17.7 Å². The molecule has 0 spiro atoms. The monoisotopic (exact) mass is 898 g/mol. The van der Waals surface area contributed by atoms with Crippen molar-refractivity contribution >= 4 is 94.9 Å². The topological polar surface area (TPSA) is 189 Å². The number of carbonyl (C=O) groups is 4. The summed E-state index contributed by atoms with van der Waals surface area (Å²) in [7, 11) is 3.27. The van der Waals surface area contributed by atoms with Crippen molar-refractivity contribution in [3.8, 4) is 0 Å². The summed E-state index contributed by atoms with van der Waals surface area (Å²) in [5.74, 6) is -0.659. The molecule has 4 aromatic carbocycles. The number of aliphatic hydroxyl groups is 1. The number of H-pyrrole nitrogens is 2. The third-order valence-corrected chi connectivity index (χ3v) is 12.7. The SMILES string of the molecule is [2H]CCCCCCNC(=O)c1cc2c3c(ccc2[nH]1)N(C(=O)c1cc2c4c(ccc2[nH]1)N(C(=O)c1ccc2nc(N=Nc5ccc(N(C)CCCOC(C)=O)cc5)sc2c1)CC4)CC3.[3H]OC. The first kappa shape index (κ1) is 42.1. The first-order valence-electron chi connectivity index (χ1n) is 22.9. The van der Waals surface area contributed by atoms with Crippen LogP contribution in [0.5, 0.6) is 0 Å². The van der Waals surface area contributed by atoms with E-state index in [4.69, 9.17) is 7.54 Å². The molecule has 15 nitrogen and oxygen atoms in total. The fourth-order valence-corrected chi connectivity index (χ4v) is 9.40. The maximum Gasteiger partial charge on any atom is 0.302 e. The van der Waals surface area contributed by atoms with Gasteiger partial charge in [-0.1, -0.05) is 37.5 Å². The van der Waals surface area contributed by atoms with Gasteiger partial charge in [0.2, 0.25) is 6.56 Å². The third-order valence-electron chi connectivity index (χ3n) is 11.8. The zero-order valence-corrected chi connectivity index (χ0v) is 37.6. The molecule has 5 heterocycles. The zero-order chi connectivity index (χ0) is 47.0. The van der Waals surface area contributed by atoms with Gasteiger partial charge in [-0.15, -0.1) is 10.2 Å². The maximum absolute atomic E-state index is 14.1. The lowest BCUT2D eigenvalue weighted by molar-refractivity contribution is -0.141. The number of benzene rings is 4. The van der Waals surface area contributed by atoms with E-state index in [2.05, 4.69) is 40.5 Å². The number of aromatic nitrogens is 3. The van der Waals surface area contributed by atoms with Crippen molar-refractivity contribution in [1.82, 2.24) is 20.3 Å². The minimum Gasteiger partial charge on any atom is -0.466 e. The predicted octanol–water partition coefficient (Wildman–Crippen LogP) is 9.39. The normalized spacial score (nSPS) is 13.5. The van der Waals surface area contributed by atoms with E-state index in [9.17, 15) is 19.2 Å². The molecule has 0 aliphatic carbocycles. The van der Waals surface area contributed by atoms with Gasteiger partial charge < -0.3 is 39.8 Å². The number of rotatable bonds is 15. The second-order valence-corrected chi connectivity index (χ2v) is 17.0. The molecule has 16 heteroatoms. The summed E-state index contributed by atoms with van der Waals surface area (Å²) in [4.78, 5) is 69.1. The van der Waals surface area contributed by atoms with Crippen molar-refractivity contribution in [2.75, 3.05) is 61.6 Å². The molecule has 0 fully saturated rings. The van der Waals surface area contributed by atoms with Gasteiger partial charge in [-0.25, -0.2) is 4.98 Å². The van der Waals surface area contributed by atoms with Crippen molar-refractivity contribution in [2.24, 2.45) is 10.2 Å². The largest absolute Gasteiger partial charge is 0.466 e. The van der Waals surface area contributed by atoms with Crippen LogP contribution in [0, 0.1) is 0 Å². The number of hydrogen-bond acceptors (Lipinski definition) is 11. The lowest BCUT2D eigenvalue weighted by Crippen LogP contribution is -2.29. The summed E-state index contributed by atoms with van der Waals surface area (Å²) < 4.78 is 18.8. The summed E-state index contributed by atoms with van der Waals surface area (Å²) in [5, 5.41) is 17.6. The smallest absolute Gasteiger partial charge is 0.302 e. The van der Waals surface area contributed by atoms with Gasteiger partial charge in [0.1, 0.15) is 11.4 Å². The van der Waals surface area contributed by atoms with Crippen molar-refractivity contribution in [3.05, 3.63) is 107 Å². The van der Waals surface area contributed by atoms with Crippen molar-refractivity contribution in [3.63, 3.8) is 0 Å². The lowest BCUT2D eigenvalue weighted by atomic mass is 10.1. The van der Waals surface area contributed by atoms with Gasteiger partial charge in [0, 0.05) is 93.1 Å².